The van der Waals surface area contributed by atoms with Crippen LogP contribution in [0.5, 0.6) is 5.75 Å². The van der Waals surface area contributed by atoms with Crippen molar-refractivity contribution in [1.29, 1.82) is 0 Å². The first-order valence-corrected chi connectivity index (χ1v) is 7.62. The molecule has 0 bridgehead atoms. The maximum Gasteiger partial charge on any atom is 0.238 e. The van der Waals surface area contributed by atoms with Gasteiger partial charge in [-0.3, -0.25) is 9.69 Å². The van der Waals surface area contributed by atoms with Gasteiger partial charge in [0.15, 0.2) is 0 Å². The number of para-hydroxylation sites is 2. The number of nitrogens with one attached hydrogen (secondary N) is 1. The van der Waals surface area contributed by atoms with E-state index in [1.807, 2.05) is 59.5 Å². The number of anilines is 1. The summed E-state index contributed by atoms with van der Waals surface area (Å²) in [6, 6.07) is 17.4. The SMILES string of the molecule is COc1ccccc1NC(=O)CN(CCN)Cc1ccccc1.Cl. The highest BCUT2D eigenvalue weighted by atomic mass is 35.5. The first-order chi connectivity index (χ1) is 11.2. The van der Waals surface area contributed by atoms with E-state index in [9.17, 15) is 4.79 Å². The minimum absolute atomic E-state index is 0. The number of amides is 1. The third kappa shape index (κ3) is 6.20. The molecule has 5 nitrogen and oxygen atoms in total. The summed E-state index contributed by atoms with van der Waals surface area (Å²) in [5.74, 6) is 0.563. The van der Waals surface area contributed by atoms with Crippen LogP contribution in [0, 0.1) is 0 Å². The van der Waals surface area contributed by atoms with Crippen LogP contribution in [-0.4, -0.2) is 37.6 Å². The molecule has 0 fully saturated rings. The molecule has 0 aliphatic heterocycles. The van der Waals surface area contributed by atoms with E-state index in [2.05, 4.69) is 5.32 Å². The van der Waals surface area contributed by atoms with Crippen molar-refractivity contribution in [3.05, 3.63) is 60.2 Å². The van der Waals surface area contributed by atoms with Crippen LogP contribution in [0.3, 0.4) is 0 Å². The number of halogens is 1. The molecule has 0 radical (unpaired) electrons. The van der Waals surface area contributed by atoms with Gasteiger partial charge in [0, 0.05) is 19.6 Å². The van der Waals surface area contributed by atoms with E-state index in [-0.39, 0.29) is 24.9 Å². The molecule has 0 saturated carbocycles. The molecule has 0 saturated heterocycles. The van der Waals surface area contributed by atoms with Crippen molar-refractivity contribution in [3.63, 3.8) is 0 Å². The van der Waals surface area contributed by atoms with E-state index < -0.39 is 0 Å². The van der Waals surface area contributed by atoms with Gasteiger partial charge in [0.25, 0.3) is 0 Å². The van der Waals surface area contributed by atoms with Crippen LogP contribution in [0.1, 0.15) is 5.56 Å². The number of carbonyl (C=O) groups excluding carboxylic acids is 1. The Labute approximate surface area is 149 Å². The highest BCUT2D eigenvalue weighted by molar-refractivity contribution is 5.93. The van der Waals surface area contributed by atoms with Crippen molar-refractivity contribution >= 4 is 24.0 Å². The summed E-state index contributed by atoms with van der Waals surface area (Å²) in [5, 5.41) is 2.89. The Morgan fingerprint density at radius 3 is 2.46 bits per heavy atom. The molecule has 0 atom stereocenters. The van der Waals surface area contributed by atoms with Gasteiger partial charge >= 0.3 is 0 Å². The molecule has 3 N–H and O–H groups in total. The normalized spacial score (nSPS) is 10.1. The molecule has 0 aromatic heterocycles. The lowest BCUT2D eigenvalue weighted by atomic mass is 10.2. The second kappa shape index (κ2) is 10.6. The molecule has 2 aromatic rings. The molecule has 0 aliphatic carbocycles. The van der Waals surface area contributed by atoms with Crippen LogP contribution in [0.4, 0.5) is 5.69 Å². The smallest absolute Gasteiger partial charge is 0.238 e. The van der Waals surface area contributed by atoms with Crippen molar-refractivity contribution in [1.82, 2.24) is 4.90 Å². The molecular weight excluding hydrogens is 326 g/mol. The van der Waals surface area contributed by atoms with Gasteiger partial charge in [0.05, 0.1) is 19.3 Å². The molecular formula is C18H24ClN3O2. The summed E-state index contributed by atoms with van der Waals surface area (Å²) in [4.78, 5) is 14.3. The Balaban J connectivity index is 0.00000288. The molecule has 1 amide bonds. The third-order valence-electron chi connectivity index (χ3n) is 3.44. The van der Waals surface area contributed by atoms with Gasteiger partial charge in [0.1, 0.15) is 5.75 Å². The maximum absolute atomic E-state index is 12.3. The summed E-state index contributed by atoms with van der Waals surface area (Å²) in [6.07, 6.45) is 0. The molecule has 2 rings (SSSR count). The van der Waals surface area contributed by atoms with Crippen LogP contribution in [0.15, 0.2) is 54.6 Å². The number of hydrogen-bond acceptors (Lipinski definition) is 4. The second-order valence-electron chi connectivity index (χ2n) is 5.23. The number of hydrogen-bond donors (Lipinski definition) is 2. The average molecular weight is 350 g/mol. The van der Waals surface area contributed by atoms with E-state index in [0.29, 0.717) is 31.1 Å². The molecule has 24 heavy (non-hydrogen) atoms. The van der Waals surface area contributed by atoms with Gasteiger partial charge < -0.3 is 15.8 Å². The second-order valence-corrected chi connectivity index (χ2v) is 5.23. The zero-order chi connectivity index (χ0) is 16.5. The third-order valence-corrected chi connectivity index (χ3v) is 3.44. The number of nitrogens with zero attached hydrogens (tertiary/aromatic N) is 1. The minimum atomic E-state index is -0.0844. The fourth-order valence-electron chi connectivity index (χ4n) is 2.38. The van der Waals surface area contributed by atoms with Gasteiger partial charge in [-0.25, -0.2) is 0 Å². The molecule has 0 spiro atoms. The van der Waals surface area contributed by atoms with Gasteiger partial charge in [0.2, 0.25) is 5.91 Å². The van der Waals surface area contributed by atoms with Crippen LogP contribution in [0.2, 0.25) is 0 Å². The summed E-state index contributed by atoms with van der Waals surface area (Å²) in [6.45, 7) is 2.14. The van der Waals surface area contributed by atoms with Gasteiger partial charge in [-0.1, -0.05) is 42.5 Å². The lowest BCUT2D eigenvalue weighted by molar-refractivity contribution is -0.117. The molecule has 0 aliphatic rings. The zero-order valence-electron chi connectivity index (χ0n) is 13.8. The van der Waals surface area contributed by atoms with Gasteiger partial charge in [-0.2, -0.15) is 0 Å². The number of rotatable bonds is 8. The Hall–Kier alpha value is -2.08. The fraction of sp³-hybridized carbons (Fsp3) is 0.278. The van der Waals surface area contributed by atoms with Crippen molar-refractivity contribution < 1.29 is 9.53 Å². The highest BCUT2D eigenvalue weighted by Gasteiger charge is 2.12. The van der Waals surface area contributed by atoms with Gasteiger partial charge in [-0.15, -0.1) is 12.4 Å². The van der Waals surface area contributed by atoms with Gasteiger partial charge in [-0.05, 0) is 17.7 Å². The Morgan fingerprint density at radius 1 is 1.12 bits per heavy atom. The maximum atomic E-state index is 12.3. The van der Waals surface area contributed by atoms with E-state index in [1.54, 1.807) is 7.11 Å². The zero-order valence-corrected chi connectivity index (χ0v) is 14.6. The van der Waals surface area contributed by atoms with Crippen LogP contribution in [0.25, 0.3) is 0 Å². The number of carbonyl (C=O) groups is 1. The van der Waals surface area contributed by atoms with Crippen LogP contribution >= 0.6 is 12.4 Å². The summed E-state index contributed by atoms with van der Waals surface area (Å²) < 4.78 is 5.25. The monoisotopic (exact) mass is 349 g/mol. The highest BCUT2D eigenvalue weighted by Crippen LogP contribution is 2.22. The number of benzene rings is 2. The Morgan fingerprint density at radius 2 is 1.79 bits per heavy atom. The Bertz CT molecular complexity index is 623. The molecule has 0 heterocycles. The lowest BCUT2D eigenvalue weighted by Gasteiger charge is -2.21. The molecule has 130 valence electrons. The molecule has 6 heteroatoms. The topological polar surface area (TPSA) is 67.6 Å². The van der Waals surface area contributed by atoms with E-state index in [0.717, 1.165) is 5.56 Å². The Kier molecular flexibility index (Phi) is 8.86. The minimum Gasteiger partial charge on any atom is -0.495 e. The first kappa shape index (κ1) is 20.0. The summed E-state index contributed by atoms with van der Waals surface area (Å²) in [7, 11) is 1.58. The van der Waals surface area contributed by atoms with Crippen molar-refractivity contribution in [3.8, 4) is 5.75 Å². The van der Waals surface area contributed by atoms with Crippen LogP contribution in [-0.2, 0) is 11.3 Å². The standard InChI is InChI=1S/C18H23N3O2.ClH/c1-23-17-10-6-5-9-16(17)20-18(22)14-21(12-11-19)13-15-7-3-2-4-8-15;/h2-10H,11-14,19H2,1H3,(H,20,22);1H. The van der Waals surface area contributed by atoms with Crippen molar-refractivity contribution in [2.24, 2.45) is 5.73 Å². The predicted octanol–water partition coefficient (Wildman–Crippen LogP) is 2.52. The van der Waals surface area contributed by atoms with E-state index in [4.69, 9.17) is 10.5 Å². The molecule has 2 aromatic carbocycles. The fourth-order valence-corrected chi connectivity index (χ4v) is 2.38. The van der Waals surface area contributed by atoms with Crippen LogP contribution < -0.4 is 15.8 Å². The number of nitrogens with two attached hydrogens (primary N) is 1. The quantitative estimate of drug-likeness (QED) is 0.768. The molecule has 0 unspecified atom stereocenters. The first-order valence-electron chi connectivity index (χ1n) is 7.62. The van der Waals surface area contributed by atoms with Crippen molar-refractivity contribution in [2.45, 2.75) is 6.54 Å². The van der Waals surface area contributed by atoms with Crippen molar-refractivity contribution in [2.75, 3.05) is 32.1 Å². The summed E-state index contributed by atoms with van der Waals surface area (Å²) >= 11 is 0. The lowest BCUT2D eigenvalue weighted by Crippen LogP contribution is -2.36. The largest absolute Gasteiger partial charge is 0.495 e. The summed E-state index contributed by atoms with van der Waals surface area (Å²) in [5.41, 5.74) is 7.50. The number of ether oxygens (including phenoxy) is 1. The average Bonchev–Trinajstić information content (AvgIpc) is 2.56. The van der Waals surface area contributed by atoms with E-state index in [1.165, 1.54) is 0 Å². The number of methoxy groups -OCH3 is 1. The predicted molar refractivity (Wildman–Crippen MR) is 99.6 cm³/mol. The van der Waals surface area contributed by atoms with E-state index >= 15 is 0 Å².